The Hall–Kier alpha value is -0.800. The second kappa shape index (κ2) is 4.37. The van der Waals surface area contributed by atoms with Crippen LogP contribution in [0.5, 0.6) is 0 Å². The van der Waals surface area contributed by atoms with Gasteiger partial charge in [0.15, 0.2) is 5.15 Å². The highest BCUT2D eigenvalue weighted by Gasteiger charge is 2.19. The number of nitrogen functional groups attached to an aromatic ring is 1. The molecule has 2 N–H and O–H groups in total. The largest absolute Gasteiger partial charge is 0.396 e. The molecule has 2 rings (SSSR count). The molecule has 0 unspecified atom stereocenters. The molecule has 1 aliphatic rings. The zero-order chi connectivity index (χ0) is 10.8. The van der Waals surface area contributed by atoms with Crippen LogP contribution in [0.2, 0.25) is 5.15 Å². The van der Waals surface area contributed by atoms with Crippen molar-refractivity contribution >= 4 is 17.3 Å². The number of nitrogens with two attached hydrogens (primary N) is 1. The van der Waals surface area contributed by atoms with Crippen LogP contribution >= 0.6 is 11.6 Å². The summed E-state index contributed by atoms with van der Waals surface area (Å²) in [7, 11) is 2.16. The molecule has 0 aliphatic carbocycles. The highest BCUT2D eigenvalue weighted by molar-refractivity contribution is 6.31. The van der Waals surface area contributed by atoms with Gasteiger partial charge >= 0.3 is 0 Å². The van der Waals surface area contributed by atoms with Gasteiger partial charge in [0.1, 0.15) is 0 Å². The molecule has 15 heavy (non-hydrogen) atoms. The van der Waals surface area contributed by atoms with Crippen LogP contribution in [0.1, 0.15) is 24.3 Å². The van der Waals surface area contributed by atoms with Crippen molar-refractivity contribution in [2.24, 2.45) is 0 Å². The fourth-order valence-electron chi connectivity index (χ4n) is 2.05. The Bertz CT molecular complexity index is 346. The molecule has 0 amide bonds. The van der Waals surface area contributed by atoms with Crippen LogP contribution in [0.15, 0.2) is 12.3 Å². The van der Waals surface area contributed by atoms with Crippen LogP contribution < -0.4 is 5.73 Å². The number of halogens is 1. The average molecular weight is 226 g/mol. The molecule has 0 bridgehead atoms. The van der Waals surface area contributed by atoms with Crippen molar-refractivity contribution in [1.82, 2.24) is 9.88 Å². The van der Waals surface area contributed by atoms with E-state index in [1.807, 2.05) is 12.3 Å². The number of hydrogen-bond donors (Lipinski definition) is 1. The lowest BCUT2D eigenvalue weighted by molar-refractivity contribution is 0.255. The normalized spacial score (nSPS) is 19.3. The van der Waals surface area contributed by atoms with E-state index in [1.54, 1.807) is 0 Å². The summed E-state index contributed by atoms with van der Waals surface area (Å²) >= 11 is 5.80. The molecule has 0 radical (unpaired) electrons. The van der Waals surface area contributed by atoms with E-state index in [4.69, 9.17) is 17.3 Å². The molecule has 1 aromatic heterocycles. The second-order valence-corrected chi connectivity index (χ2v) is 4.58. The lowest BCUT2D eigenvalue weighted by Crippen LogP contribution is -2.29. The molecule has 82 valence electrons. The van der Waals surface area contributed by atoms with Gasteiger partial charge in [0.2, 0.25) is 0 Å². The minimum atomic E-state index is 0.409. The molecule has 0 spiro atoms. The third kappa shape index (κ3) is 2.41. The maximum absolute atomic E-state index is 5.80. The Labute approximate surface area is 95.2 Å². The Kier molecular flexibility index (Phi) is 3.12. The minimum absolute atomic E-state index is 0.409. The van der Waals surface area contributed by atoms with Crippen molar-refractivity contribution in [3.05, 3.63) is 23.0 Å². The third-order valence-electron chi connectivity index (χ3n) is 3.08. The predicted molar refractivity (Wildman–Crippen MR) is 63.1 cm³/mol. The first-order valence-corrected chi connectivity index (χ1v) is 5.64. The second-order valence-electron chi connectivity index (χ2n) is 4.23. The van der Waals surface area contributed by atoms with E-state index >= 15 is 0 Å². The van der Waals surface area contributed by atoms with Crippen LogP contribution in [0, 0.1) is 0 Å². The number of likely N-dealkylation sites (tertiary alicyclic amines) is 1. The highest BCUT2D eigenvalue weighted by atomic mass is 35.5. The van der Waals surface area contributed by atoms with Crippen molar-refractivity contribution in [2.75, 3.05) is 25.9 Å². The Morgan fingerprint density at radius 1 is 1.47 bits per heavy atom. The quantitative estimate of drug-likeness (QED) is 0.745. The summed E-state index contributed by atoms with van der Waals surface area (Å²) in [5.74, 6) is 0.591. The van der Waals surface area contributed by atoms with Crippen molar-refractivity contribution in [3.63, 3.8) is 0 Å². The predicted octanol–water partition coefficient (Wildman–Crippen LogP) is 2.13. The van der Waals surface area contributed by atoms with Gasteiger partial charge in [0, 0.05) is 6.20 Å². The van der Waals surface area contributed by atoms with E-state index in [0.29, 0.717) is 16.8 Å². The molecule has 1 saturated heterocycles. The summed E-state index contributed by atoms with van der Waals surface area (Å²) in [6.07, 6.45) is 4.22. The molecule has 0 aromatic carbocycles. The van der Waals surface area contributed by atoms with Gasteiger partial charge in [-0.3, -0.25) is 0 Å². The van der Waals surface area contributed by atoms with E-state index in [1.165, 1.54) is 18.4 Å². The van der Waals surface area contributed by atoms with Gasteiger partial charge in [-0.1, -0.05) is 11.6 Å². The van der Waals surface area contributed by atoms with Gasteiger partial charge in [-0.05, 0) is 50.5 Å². The maximum atomic E-state index is 5.80. The molecule has 1 aromatic rings. The molecular weight excluding hydrogens is 210 g/mol. The number of nitrogens with zero attached hydrogens (tertiary/aromatic N) is 2. The van der Waals surface area contributed by atoms with Crippen molar-refractivity contribution in [1.29, 1.82) is 0 Å². The monoisotopic (exact) mass is 225 g/mol. The van der Waals surface area contributed by atoms with Crippen molar-refractivity contribution < 1.29 is 0 Å². The van der Waals surface area contributed by atoms with E-state index in [9.17, 15) is 0 Å². The standard InChI is InChI=1S/C11H16ClN3/c1-15-4-2-8(3-5-15)9-6-10(13)11(12)14-7-9/h6-8H,2-5,13H2,1H3. The molecule has 0 saturated carbocycles. The molecule has 1 aliphatic heterocycles. The lowest BCUT2D eigenvalue weighted by atomic mass is 9.90. The zero-order valence-corrected chi connectivity index (χ0v) is 9.67. The van der Waals surface area contributed by atoms with E-state index in [-0.39, 0.29) is 0 Å². The molecule has 4 heteroatoms. The fourth-order valence-corrected chi connectivity index (χ4v) is 2.15. The molecule has 1 fully saturated rings. The van der Waals surface area contributed by atoms with Crippen LogP contribution in [0.4, 0.5) is 5.69 Å². The van der Waals surface area contributed by atoms with E-state index in [2.05, 4.69) is 16.9 Å². The summed E-state index contributed by atoms with van der Waals surface area (Å²) in [5.41, 5.74) is 7.57. The SMILES string of the molecule is CN1CCC(c2cnc(Cl)c(N)c2)CC1. The Morgan fingerprint density at radius 3 is 2.73 bits per heavy atom. The summed E-state index contributed by atoms with van der Waals surface area (Å²) < 4.78 is 0. The topological polar surface area (TPSA) is 42.2 Å². The van der Waals surface area contributed by atoms with Crippen LogP contribution in [-0.2, 0) is 0 Å². The Morgan fingerprint density at radius 2 is 2.13 bits per heavy atom. The lowest BCUT2D eigenvalue weighted by Gasteiger charge is -2.29. The van der Waals surface area contributed by atoms with Gasteiger partial charge in [-0.2, -0.15) is 0 Å². The summed E-state index contributed by atoms with van der Waals surface area (Å²) in [4.78, 5) is 6.45. The van der Waals surface area contributed by atoms with Gasteiger partial charge in [-0.15, -0.1) is 0 Å². The van der Waals surface area contributed by atoms with Gasteiger partial charge in [-0.25, -0.2) is 4.98 Å². The highest BCUT2D eigenvalue weighted by Crippen LogP contribution is 2.29. The smallest absolute Gasteiger partial charge is 0.151 e. The number of rotatable bonds is 1. The maximum Gasteiger partial charge on any atom is 0.151 e. The molecule has 2 heterocycles. The zero-order valence-electron chi connectivity index (χ0n) is 8.91. The first-order chi connectivity index (χ1) is 7.16. The molecule has 0 atom stereocenters. The summed E-state index contributed by atoms with van der Waals surface area (Å²) in [6, 6.07) is 1.96. The minimum Gasteiger partial charge on any atom is -0.396 e. The summed E-state index contributed by atoms with van der Waals surface area (Å²) in [5, 5.41) is 0.409. The number of anilines is 1. The summed E-state index contributed by atoms with van der Waals surface area (Å²) in [6.45, 7) is 2.29. The van der Waals surface area contributed by atoms with Crippen molar-refractivity contribution in [3.8, 4) is 0 Å². The fraction of sp³-hybridized carbons (Fsp3) is 0.545. The molecular formula is C11H16ClN3. The van der Waals surface area contributed by atoms with Gasteiger partial charge in [0.05, 0.1) is 5.69 Å². The average Bonchev–Trinajstić information content (AvgIpc) is 2.23. The van der Waals surface area contributed by atoms with Crippen LogP contribution in [0.25, 0.3) is 0 Å². The van der Waals surface area contributed by atoms with Crippen LogP contribution in [0.3, 0.4) is 0 Å². The number of aromatic nitrogens is 1. The van der Waals surface area contributed by atoms with Crippen LogP contribution in [-0.4, -0.2) is 30.0 Å². The first kappa shape index (κ1) is 10.7. The van der Waals surface area contributed by atoms with E-state index < -0.39 is 0 Å². The first-order valence-electron chi connectivity index (χ1n) is 5.26. The van der Waals surface area contributed by atoms with Crippen molar-refractivity contribution in [2.45, 2.75) is 18.8 Å². The third-order valence-corrected chi connectivity index (χ3v) is 3.39. The van der Waals surface area contributed by atoms with E-state index in [0.717, 1.165) is 13.1 Å². The number of pyridine rings is 1. The van der Waals surface area contributed by atoms with Gasteiger partial charge < -0.3 is 10.6 Å². The molecule has 3 nitrogen and oxygen atoms in total. The van der Waals surface area contributed by atoms with Gasteiger partial charge in [0.25, 0.3) is 0 Å². The number of hydrogen-bond acceptors (Lipinski definition) is 3. The Balaban J connectivity index is 2.12. The number of piperidine rings is 1.